The van der Waals surface area contributed by atoms with Gasteiger partial charge in [-0.05, 0) is 18.9 Å². The van der Waals surface area contributed by atoms with Crippen molar-refractivity contribution in [1.29, 1.82) is 0 Å². The molecule has 1 aliphatic rings. The molecule has 1 aliphatic heterocycles. The van der Waals surface area contributed by atoms with Gasteiger partial charge in [-0.3, -0.25) is 4.79 Å². The maximum absolute atomic E-state index is 12.3. The molecule has 8 nitrogen and oxygen atoms in total. The number of nitrogens with zero attached hydrogens (tertiary/aromatic N) is 6. The molecule has 3 heterocycles. The van der Waals surface area contributed by atoms with E-state index in [1.807, 2.05) is 13.0 Å². The number of anilines is 2. The minimum absolute atomic E-state index is 0.151. The molecule has 0 spiro atoms. The third kappa shape index (κ3) is 4.44. The van der Waals surface area contributed by atoms with Gasteiger partial charge in [0.1, 0.15) is 17.3 Å². The van der Waals surface area contributed by atoms with Gasteiger partial charge in [-0.2, -0.15) is 0 Å². The van der Waals surface area contributed by atoms with Crippen molar-refractivity contribution < 1.29 is 4.79 Å². The average Bonchev–Trinajstić information content (AvgIpc) is 2.66. The molecular formula is C18H25N7O. The van der Waals surface area contributed by atoms with Gasteiger partial charge >= 0.3 is 0 Å². The highest BCUT2D eigenvalue weighted by molar-refractivity contribution is 5.92. The topological polar surface area (TPSA) is 87.1 Å². The van der Waals surface area contributed by atoms with Crippen molar-refractivity contribution in [1.82, 2.24) is 25.3 Å². The summed E-state index contributed by atoms with van der Waals surface area (Å²) in [4.78, 5) is 34.1. The van der Waals surface area contributed by atoms with Crippen LogP contribution >= 0.6 is 0 Å². The van der Waals surface area contributed by atoms with E-state index in [-0.39, 0.29) is 5.91 Å². The highest BCUT2D eigenvalue weighted by atomic mass is 16.1. The Morgan fingerprint density at radius 3 is 2.42 bits per heavy atom. The summed E-state index contributed by atoms with van der Waals surface area (Å²) in [6.45, 7) is 9.77. The molecule has 1 N–H and O–H groups in total. The van der Waals surface area contributed by atoms with E-state index in [0.29, 0.717) is 24.0 Å². The Morgan fingerprint density at radius 2 is 1.77 bits per heavy atom. The summed E-state index contributed by atoms with van der Waals surface area (Å²) in [5, 5.41) is 2.91. The largest absolute Gasteiger partial charge is 0.353 e. The van der Waals surface area contributed by atoms with E-state index in [1.54, 1.807) is 18.5 Å². The van der Waals surface area contributed by atoms with Crippen LogP contribution in [0, 0.1) is 12.8 Å². The number of carbonyl (C=O) groups excluding carboxylic acids is 1. The van der Waals surface area contributed by atoms with Gasteiger partial charge in [-0.15, -0.1) is 0 Å². The van der Waals surface area contributed by atoms with Crippen molar-refractivity contribution in [3.63, 3.8) is 0 Å². The Balaban J connectivity index is 1.67. The van der Waals surface area contributed by atoms with Crippen molar-refractivity contribution >= 4 is 17.7 Å². The van der Waals surface area contributed by atoms with E-state index in [4.69, 9.17) is 0 Å². The molecule has 8 heteroatoms. The molecular weight excluding hydrogens is 330 g/mol. The minimum Gasteiger partial charge on any atom is -0.353 e. The van der Waals surface area contributed by atoms with Crippen LogP contribution in [0.4, 0.5) is 11.8 Å². The predicted octanol–water partition coefficient (Wildman–Crippen LogP) is 1.29. The smallest absolute Gasteiger partial charge is 0.270 e. The Kier molecular flexibility index (Phi) is 5.60. The minimum atomic E-state index is -0.151. The molecule has 0 saturated carbocycles. The number of nitrogens with one attached hydrogen (secondary N) is 1. The first-order valence-electron chi connectivity index (χ1n) is 8.93. The molecule has 138 valence electrons. The zero-order valence-electron chi connectivity index (χ0n) is 15.5. The van der Waals surface area contributed by atoms with Gasteiger partial charge in [0.25, 0.3) is 5.91 Å². The molecule has 2 aromatic rings. The van der Waals surface area contributed by atoms with E-state index in [0.717, 1.165) is 37.9 Å². The second-order valence-corrected chi connectivity index (χ2v) is 6.79. The number of piperazine rings is 1. The average molecular weight is 355 g/mol. The first kappa shape index (κ1) is 18.0. The normalized spacial score (nSPS) is 14.6. The van der Waals surface area contributed by atoms with Crippen LogP contribution in [0.2, 0.25) is 0 Å². The number of rotatable bonds is 5. The summed E-state index contributed by atoms with van der Waals surface area (Å²) in [7, 11) is 0. The molecule has 2 aromatic heterocycles. The number of carbonyl (C=O) groups is 1. The molecule has 1 saturated heterocycles. The number of amides is 1. The lowest BCUT2D eigenvalue weighted by Crippen LogP contribution is -2.47. The predicted molar refractivity (Wildman–Crippen MR) is 100 cm³/mol. The number of hydrogen-bond acceptors (Lipinski definition) is 7. The Bertz CT molecular complexity index is 742. The van der Waals surface area contributed by atoms with Crippen molar-refractivity contribution in [3.8, 4) is 0 Å². The highest BCUT2D eigenvalue weighted by Crippen LogP contribution is 2.17. The standard InChI is InChI=1S/C18H25N7O/c1-13(2)12-21-17(26)15-11-16(23-14(3)22-15)24-7-9-25(10-8-24)18-19-5-4-6-20-18/h4-6,11,13H,7-10,12H2,1-3H3,(H,21,26). The third-order valence-electron chi connectivity index (χ3n) is 4.17. The van der Waals surface area contributed by atoms with E-state index in [1.165, 1.54) is 0 Å². The molecule has 1 amide bonds. The second kappa shape index (κ2) is 8.07. The molecule has 0 unspecified atom stereocenters. The van der Waals surface area contributed by atoms with Crippen molar-refractivity contribution in [2.45, 2.75) is 20.8 Å². The lowest BCUT2D eigenvalue weighted by molar-refractivity contribution is 0.0943. The summed E-state index contributed by atoms with van der Waals surface area (Å²) in [6.07, 6.45) is 3.51. The summed E-state index contributed by atoms with van der Waals surface area (Å²) in [5.74, 6) is 2.39. The fourth-order valence-corrected chi connectivity index (χ4v) is 2.81. The van der Waals surface area contributed by atoms with Gasteiger partial charge in [0.2, 0.25) is 5.95 Å². The summed E-state index contributed by atoms with van der Waals surface area (Å²) in [5.41, 5.74) is 0.418. The number of aryl methyl sites for hydroxylation is 1. The summed E-state index contributed by atoms with van der Waals surface area (Å²) >= 11 is 0. The van der Waals surface area contributed by atoms with Crippen LogP contribution in [0.5, 0.6) is 0 Å². The van der Waals surface area contributed by atoms with E-state index in [9.17, 15) is 4.79 Å². The lowest BCUT2D eigenvalue weighted by Gasteiger charge is -2.35. The van der Waals surface area contributed by atoms with Gasteiger partial charge in [0, 0.05) is 51.2 Å². The molecule has 0 bridgehead atoms. The summed E-state index contributed by atoms with van der Waals surface area (Å²) < 4.78 is 0. The van der Waals surface area contributed by atoms with Crippen LogP contribution in [0.25, 0.3) is 0 Å². The van der Waals surface area contributed by atoms with Gasteiger partial charge in [0.15, 0.2) is 0 Å². The van der Waals surface area contributed by atoms with E-state index in [2.05, 4.69) is 48.9 Å². The van der Waals surface area contributed by atoms with Crippen LogP contribution in [-0.2, 0) is 0 Å². The zero-order valence-corrected chi connectivity index (χ0v) is 15.5. The molecule has 0 atom stereocenters. The molecule has 26 heavy (non-hydrogen) atoms. The third-order valence-corrected chi connectivity index (χ3v) is 4.17. The van der Waals surface area contributed by atoms with Gasteiger partial charge in [-0.1, -0.05) is 13.8 Å². The van der Waals surface area contributed by atoms with E-state index >= 15 is 0 Å². The maximum atomic E-state index is 12.3. The molecule has 0 aromatic carbocycles. The quantitative estimate of drug-likeness (QED) is 0.864. The van der Waals surface area contributed by atoms with Crippen molar-refractivity contribution in [2.24, 2.45) is 5.92 Å². The molecule has 0 radical (unpaired) electrons. The Hall–Kier alpha value is -2.77. The fourth-order valence-electron chi connectivity index (χ4n) is 2.81. The molecule has 1 fully saturated rings. The maximum Gasteiger partial charge on any atom is 0.270 e. The zero-order chi connectivity index (χ0) is 18.5. The first-order chi connectivity index (χ1) is 12.5. The van der Waals surface area contributed by atoms with Crippen LogP contribution in [-0.4, -0.2) is 58.6 Å². The second-order valence-electron chi connectivity index (χ2n) is 6.79. The van der Waals surface area contributed by atoms with Gasteiger partial charge < -0.3 is 15.1 Å². The molecule has 0 aliphatic carbocycles. The fraction of sp³-hybridized carbons (Fsp3) is 0.500. The number of hydrogen-bond donors (Lipinski definition) is 1. The van der Waals surface area contributed by atoms with Crippen LogP contribution < -0.4 is 15.1 Å². The first-order valence-corrected chi connectivity index (χ1v) is 8.93. The SMILES string of the molecule is Cc1nc(C(=O)NCC(C)C)cc(N2CCN(c3ncccn3)CC2)n1. The van der Waals surface area contributed by atoms with Crippen LogP contribution in [0.15, 0.2) is 24.5 Å². The lowest BCUT2D eigenvalue weighted by atomic mass is 10.2. The van der Waals surface area contributed by atoms with Crippen LogP contribution in [0.3, 0.4) is 0 Å². The van der Waals surface area contributed by atoms with Crippen LogP contribution in [0.1, 0.15) is 30.2 Å². The van der Waals surface area contributed by atoms with Gasteiger partial charge in [0.05, 0.1) is 0 Å². The molecule has 3 rings (SSSR count). The van der Waals surface area contributed by atoms with Crippen molar-refractivity contribution in [2.75, 3.05) is 42.5 Å². The van der Waals surface area contributed by atoms with Gasteiger partial charge in [-0.25, -0.2) is 19.9 Å². The monoisotopic (exact) mass is 355 g/mol. The van der Waals surface area contributed by atoms with Crippen molar-refractivity contribution in [3.05, 3.63) is 36.0 Å². The van der Waals surface area contributed by atoms with E-state index < -0.39 is 0 Å². The Labute approximate surface area is 153 Å². The summed E-state index contributed by atoms with van der Waals surface area (Å²) in [6, 6.07) is 3.59. The Morgan fingerprint density at radius 1 is 1.12 bits per heavy atom. The number of aromatic nitrogens is 4. The highest BCUT2D eigenvalue weighted by Gasteiger charge is 2.21.